The van der Waals surface area contributed by atoms with Crippen LogP contribution in [0.5, 0.6) is 5.75 Å². The van der Waals surface area contributed by atoms with Crippen LogP contribution in [0, 0.1) is 11.6 Å². The molecular weight excluding hydrogens is 453 g/mol. The van der Waals surface area contributed by atoms with Gasteiger partial charge in [0.1, 0.15) is 24.0 Å². The van der Waals surface area contributed by atoms with Crippen molar-refractivity contribution < 1.29 is 13.5 Å². The van der Waals surface area contributed by atoms with E-state index in [2.05, 4.69) is 20.6 Å². The highest BCUT2D eigenvalue weighted by atomic mass is 127. The summed E-state index contributed by atoms with van der Waals surface area (Å²) in [6, 6.07) is 6.79. The number of halogens is 3. The van der Waals surface area contributed by atoms with Crippen LogP contribution in [0.15, 0.2) is 47.7 Å². The molecule has 0 aliphatic carbocycles. The summed E-state index contributed by atoms with van der Waals surface area (Å²) >= 11 is 0. The van der Waals surface area contributed by atoms with Crippen LogP contribution < -0.4 is 15.4 Å². The molecule has 2 N–H and O–H groups in total. The van der Waals surface area contributed by atoms with Crippen LogP contribution in [-0.4, -0.2) is 30.6 Å². The van der Waals surface area contributed by atoms with E-state index in [1.54, 1.807) is 25.4 Å². The van der Waals surface area contributed by atoms with Gasteiger partial charge in [0.2, 0.25) is 0 Å². The fraction of sp³-hybridized carbons (Fsp3) is 0.333. The van der Waals surface area contributed by atoms with Gasteiger partial charge in [-0.2, -0.15) is 0 Å². The van der Waals surface area contributed by atoms with E-state index >= 15 is 0 Å². The molecule has 0 bridgehead atoms. The van der Waals surface area contributed by atoms with E-state index in [9.17, 15) is 8.78 Å². The van der Waals surface area contributed by atoms with Crippen molar-refractivity contribution in [1.29, 1.82) is 0 Å². The van der Waals surface area contributed by atoms with Crippen molar-refractivity contribution in [3.05, 3.63) is 59.9 Å². The van der Waals surface area contributed by atoms with Crippen molar-refractivity contribution in [2.75, 3.05) is 19.7 Å². The van der Waals surface area contributed by atoms with E-state index in [1.807, 2.05) is 13.0 Å². The Bertz CT molecular complexity index is 701. The van der Waals surface area contributed by atoms with Gasteiger partial charge in [-0.25, -0.2) is 13.8 Å². The lowest BCUT2D eigenvalue weighted by atomic mass is 10.1. The standard InChI is InChI=1S/C18H22F2N4O.HI/c1-3-22-18(23-9-10-25-15-5-4-8-21-12-15)24-13(2)16-7-6-14(19)11-17(16)20;/h4-8,11-13H,3,9-10H2,1-2H3,(H2,22,23,24);1H. The molecule has 0 spiro atoms. The zero-order valence-electron chi connectivity index (χ0n) is 14.7. The van der Waals surface area contributed by atoms with E-state index < -0.39 is 11.6 Å². The highest BCUT2D eigenvalue weighted by Gasteiger charge is 2.13. The molecule has 1 unspecified atom stereocenters. The summed E-state index contributed by atoms with van der Waals surface area (Å²) in [5.74, 6) is 0.0308. The molecule has 0 radical (unpaired) electrons. The van der Waals surface area contributed by atoms with E-state index in [0.717, 1.165) is 6.07 Å². The Kier molecular flexibility index (Phi) is 9.85. The summed E-state index contributed by atoms with van der Waals surface area (Å²) in [6.45, 7) is 5.19. The Balaban J connectivity index is 0.00000338. The lowest BCUT2D eigenvalue weighted by Crippen LogP contribution is -2.39. The summed E-state index contributed by atoms with van der Waals surface area (Å²) in [7, 11) is 0. The molecule has 5 nitrogen and oxygen atoms in total. The first-order chi connectivity index (χ1) is 12.1. The minimum atomic E-state index is -0.596. The van der Waals surface area contributed by atoms with Crippen LogP contribution in [0.1, 0.15) is 25.5 Å². The molecule has 0 saturated carbocycles. The average molecular weight is 476 g/mol. The number of hydrogen-bond acceptors (Lipinski definition) is 3. The minimum Gasteiger partial charge on any atom is -0.490 e. The number of aliphatic imine (C=N–C) groups is 1. The van der Waals surface area contributed by atoms with Crippen molar-refractivity contribution in [3.63, 3.8) is 0 Å². The van der Waals surface area contributed by atoms with Gasteiger partial charge < -0.3 is 15.4 Å². The van der Waals surface area contributed by atoms with E-state index in [-0.39, 0.29) is 30.0 Å². The van der Waals surface area contributed by atoms with Crippen LogP contribution in [0.2, 0.25) is 0 Å². The second-order valence-electron chi connectivity index (χ2n) is 5.33. The van der Waals surface area contributed by atoms with Gasteiger partial charge in [0.25, 0.3) is 0 Å². The first-order valence-corrected chi connectivity index (χ1v) is 8.12. The Morgan fingerprint density at radius 1 is 1.31 bits per heavy atom. The summed E-state index contributed by atoms with van der Waals surface area (Å²) in [6.07, 6.45) is 3.31. The van der Waals surface area contributed by atoms with Gasteiger partial charge in [0.15, 0.2) is 5.96 Å². The number of benzene rings is 1. The van der Waals surface area contributed by atoms with Gasteiger partial charge in [-0.1, -0.05) is 6.07 Å². The van der Waals surface area contributed by atoms with Gasteiger partial charge in [-0.3, -0.25) is 4.98 Å². The topological polar surface area (TPSA) is 58.5 Å². The second-order valence-corrected chi connectivity index (χ2v) is 5.33. The SMILES string of the molecule is CCNC(=NCCOc1cccnc1)NC(C)c1ccc(F)cc1F.I. The van der Waals surface area contributed by atoms with Crippen molar-refractivity contribution >= 4 is 29.9 Å². The maximum absolute atomic E-state index is 13.9. The molecule has 0 saturated heterocycles. The predicted octanol–water partition coefficient (Wildman–Crippen LogP) is 3.67. The van der Waals surface area contributed by atoms with Crippen molar-refractivity contribution in [2.45, 2.75) is 19.9 Å². The first-order valence-electron chi connectivity index (χ1n) is 8.12. The molecule has 0 aliphatic rings. The summed E-state index contributed by atoms with van der Waals surface area (Å²) in [5, 5.41) is 6.19. The number of guanidine groups is 1. The molecule has 142 valence electrons. The second kappa shape index (κ2) is 11.6. The van der Waals surface area contributed by atoms with E-state index in [4.69, 9.17) is 4.74 Å². The Morgan fingerprint density at radius 2 is 2.12 bits per heavy atom. The molecule has 26 heavy (non-hydrogen) atoms. The lowest BCUT2D eigenvalue weighted by Gasteiger charge is -2.18. The van der Waals surface area contributed by atoms with Gasteiger partial charge in [0.05, 0.1) is 18.8 Å². The van der Waals surface area contributed by atoms with Crippen LogP contribution in [0.3, 0.4) is 0 Å². The monoisotopic (exact) mass is 476 g/mol. The van der Waals surface area contributed by atoms with Crippen LogP contribution in [0.4, 0.5) is 8.78 Å². The number of pyridine rings is 1. The maximum atomic E-state index is 13.9. The maximum Gasteiger partial charge on any atom is 0.191 e. The zero-order valence-corrected chi connectivity index (χ0v) is 17.0. The number of aromatic nitrogens is 1. The lowest BCUT2D eigenvalue weighted by molar-refractivity contribution is 0.327. The number of rotatable bonds is 7. The van der Waals surface area contributed by atoms with Gasteiger partial charge >= 0.3 is 0 Å². The van der Waals surface area contributed by atoms with Crippen LogP contribution >= 0.6 is 24.0 Å². The molecule has 1 atom stereocenters. The molecule has 8 heteroatoms. The number of ether oxygens (including phenoxy) is 1. The fourth-order valence-corrected chi connectivity index (χ4v) is 2.21. The molecule has 0 aliphatic heterocycles. The highest BCUT2D eigenvalue weighted by Crippen LogP contribution is 2.17. The van der Waals surface area contributed by atoms with Gasteiger partial charge in [-0.05, 0) is 32.0 Å². The Morgan fingerprint density at radius 3 is 2.77 bits per heavy atom. The first kappa shape index (κ1) is 22.1. The normalized spacial score (nSPS) is 12.1. The highest BCUT2D eigenvalue weighted by molar-refractivity contribution is 14.0. The van der Waals surface area contributed by atoms with Crippen molar-refractivity contribution in [3.8, 4) is 5.75 Å². The third kappa shape index (κ3) is 7.11. The Hall–Kier alpha value is -1.97. The van der Waals surface area contributed by atoms with E-state index in [1.165, 1.54) is 12.1 Å². The third-order valence-electron chi connectivity index (χ3n) is 3.39. The molecule has 0 amide bonds. The summed E-state index contributed by atoms with van der Waals surface area (Å²) in [4.78, 5) is 8.36. The molecular formula is C18H23F2IN4O. The molecule has 1 aromatic heterocycles. The molecule has 1 aromatic carbocycles. The number of hydrogen-bond donors (Lipinski definition) is 2. The largest absolute Gasteiger partial charge is 0.490 e. The third-order valence-corrected chi connectivity index (χ3v) is 3.39. The minimum absolute atomic E-state index is 0. The number of nitrogens with zero attached hydrogens (tertiary/aromatic N) is 2. The summed E-state index contributed by atoms with van der Waals surface area (Å²) < 4.78 is 32.4. The molecule has 2 rings (SSSR count). The van der Waals surface area contributed by atoms with Gasteiger partial charge in [-0.15, -0.1) is 24.0 Å². The van der Waals surface area contributed by atoms with Crippen molar-refractivity contribution in [2.24, 2.45) is 4.99 Å². The average Bonchev–Trinajstić information content (AvgIpc) is 2.59. The molecule has 1 heterocycles. The predicted molar refractivity (Wildman–Crippen MR) is 109 cm³/mol. The van der Waals surface area contributed by atoms with Crippen LogP contribution in [0.25, 0.3) is 0 Å². The number of nitrogens with one attached hydrogen (secondary N) is 2. The summed E-state index contributed by atoms with van der Waals surface area (Å²) in [5.41, 5.74) is 0.374. The van der Waals surface area contributed by atoms with Crippen LogP contribution in [-0.2, 0) is 0 Å². The fourth-order valence-electron chi connectivity index (χ4n) is 2.21. The van der Waals surface area contributed by atoms with Crippen molar-refractivity contribution in [1.82, 2.24) is 15.6 Å². The molecule has 2 aromatic rings. The quantitative estimate of drug-likeness (QED) is 0.277. The zero-order chi connectivity index (χ0) is 18.1. The molecule has 0 fully saturated rings. The Labute approximate surface area is 169 Å². The smallest absolute Gasteiger partial charge is 0.191 e. The van der Waals surface area contributed by atoms with Gasteiger partial charge in [0, 0.05) is 24.4 Å². The van der Waals surface area contributed by atoms with E-state index in [0.29, 0.717) is 37.0 Å².